The van der Waals surface area contributed by atoms with Crippen LogP contribution in [-0.2, 0) is 11.3 Å². The Hall–Kier alpha value is -2.38. The van der Waals surface area contributed by atoms with Gasteiger partial charge in [0.05, 0.1) is 12.1 Å². The van der Waals surface area contributed by atoms with Crippen molar-refractivity contribution in [2.24, 2.45) is 0 Å². The summed E-state index contributed by atoms with van der Waals surface area (Å²) in [6.07, 6.45) is 0. The molecule has 0 saturated heterocycles. The molecule has 0 aliphatic carbocycles. The molecule has 1 heterocycles. The number of rotatable bonds is 6. The van der Waals surface area contributed by atoms with Crippen molar-refractivity contribution in [3.05, 3.63) is 11.9 Å². The van der Waals surface area contributed by atoms with Crippen molar-refractivity contribution in [2.75, 3.05) is 37.5 Å². The Morgan fingerprint density at radius 3 is 2.50 bits per heavy atom. The Balaban J connectivity index is 3.08. The van der Waals surface area contributed by atoms with Crippen LogP contribution in [0.25, 0.3) is 0 Å². The molecule has 0 spiro atoms. The van der Waals surface area contributed by atoms with Gasteiger partial charge in [-0.05, 0) is 0 Å². The first-order valence-electron chi connectivity index (χ1n) is 5.28. The van der Waals surface area contributed by atoms with Gasteiger partial charge < -0.3 is 15.0 Å². The second kappa shape index (κ2) is 7.05. The van der Waals surface area contributed by atoms with Gasteiger partial charge in [-0.1, -0.05) is 0 Å². The second-order valence-electron chi connectivity index (χ2n) is 3.38. The summed E-state index contributed by atoms with van der Waals surface area (Å²) < 4.78 is 4.98. The molecule has 0 aromatic carbocycles. The molecule has 7 nitrogen and oxygen atoms in total. The van der Waals surface area contributed by atoms with Crippen molar-refractivity contribution in [3.8, 4) is 12.1 Å². The molecule has 0 radical (unpaired) electrons. The third kappa shape index (κ3) is 3.58. The SMILES string of the molecule is CNc1cc(N(CC#N)CC#N)nc(COC)n1. The third-order valence-corrected chi connectivity index (χ3v) is 2.14. The highest BCUT2D eigenvalue weighted by Crippen LogP contribution is 2.15. The first kappa shape index (κ1) is 13.7. The highest BCUT2D eigenvalue weighted by molar-refractivity contribution is 5.50. The van der Waals surface area contributed by atoms with Gasteiger partial charge in [0.1, 0.15) is 31.3 Å². The van der Waals surface area contributed by atoms with Gasteiger partial charge in [-0.2, -0.15) is 10.5 Å². The zero-order valence-corrected chi connectivity index (χ0v) is 10.3. The molecule has 1 aromatic heterocycles. The van der Waals surface area contributed by atoms with Crippen LogP contribution >= 0.6 is 0 Å². The predicted octanol–water partition coefficient (Wildman–Crippen LogP) is 0.518. The number of nitrogens with zero attached hydrogens (tertiary/aromatic N) is 5. The Kier molecular flexibility index (Phi) is 5.36. The van der Waals surface area contributed by atoms with Crippen molar-refractivity contribution in [1.82, 2.24) is 9.97 Å². The topological polar surface area (TPSA) is 97.9 Å². The number of ether oxygens (including phenoxy) is 1. The maximum absolute atomic E-state index is 8.74. The molecule has 7 heteroatoms. The smallest absolute Gasteiger partial charge is 0.158 e. The highest BCUT2D eigenvalue weighted by atomic mass is 16.5. The largest absolute Gasteiger partial charge is 0.377 e. The lowest BCUT2D eigenvalue weighted by atomic mass is 10.4. The summed E-state index contributed by atoms with van der Waals surface area (Å²) in [6.45, 7) is 0.468. The molecule has 0 aliphatic heterocycles. The Bertz CT molecular complexity index is 459. The number of anilines is 2. The van der Waals surface area contributed by atoms with Crippen LogP contribution in [0, 0.1) is 22.7 Å². The van der Waals surface area contributed by atoms with Crippen molar-refractivity contribution in [2.45, 2.75) is 6.61 Å². The van der Waals surface area contributed by atoms with E-state index in [0.717, 1.165) is 0 Å². The minimum absolute atomic E-state index is 0.0974. The average Bonchev–Trinajstić information content (AvgIpc) is 2.38. The zero-order chi connectivity index (χ0) is 13.4. The van der Waals surface area contributed by atoms with E-state index in [9.17, 15) is 0 Å². The summed E-state index contributed by atoms with van der Waals surface area (Å²) in [5.74, 6) is 1.65. The van der Waals surface area contributed by atoms with Crippen LogP contribution in [-0.4, -0.2) is 37.2 Å². The van der Waals surface area contributed by atoms with Crippen molar-refractivity contribution >= 4 is 11.6 Å². The molecule has 18 heavy (non-hydrogen) atoms. The van der Waals surface area contributed by atoms with Gasteiger partial charge in [-0.3, -0.25) is 0 Å². The zero-order valence-electron chi connectivity index (χ0n) is 10.3. The molecule has 0 aliphatic rings. The van der Waals surface area contributed by atoms with E-state index in [1.807, 2.05) is 12.1 Å². The van der Waals surface area contributed by atoms with Crippen molar-refractivity contribution in [3.63, 3.8) is 0 Å². The summed E-state index contributed by atoms with van der Waals surface area (Å²) in [7, 11) is 3.29. The normalized spacial score (nSPS) is 9.33. The lowest BCUT2D eigenvalue weighted by molar-refractivity contribution is 0.178. The van der Waals surface area contributed by atoms with Gasteiger partial charge in [-0.25, -0.2) is 9.97 Å². The molecule has 0 amide bonds. The fourth-order valence-electron chi connectivity index (χ4n) is 1.36. The number of aromatic nitrogens is 2. The Labute approximate surface area is 106 Å². The molecular formula is C11H14N6O. The van der Waals surface area contributed by atoms with Gasteiger partial charge >= 0.3 is 0 Å². The molecular weight excluding hydrogens is 232 g/mol. The number of hydrogen-bond donors (Lipinski definition) is 1. The van der Waals surface area contributed by atoms with E-state index in [-0.39, 0.29) is 19.7 Å². The number of hydrogen-bond acceptors (Lipinski definition) is 7. The predicted molar refractivity (Wildman–Crippen MR) is 65.7 cm³/mol. The maximum Gasteiger partial charge on any atom is 0.158 e. The lowest BCUT2D eigenvalue weighted by Gasteiger charge is -2.18. The Morgan fingerprint density at radius 1 is 1.33 bits per heavy atom. The molecule has 1 N–H and O–H groups in total. The van der Waals surface area contributed by atoms with Crippen molar-refractivity contribution < 1.29 is 4.74 Å². The number of methoxy groups -OCH3 is 1. The van der Waals surface area contributed by atoms with E-state index in [4.69, 9.17) is 15.3 Å². The van der Waals surface area contributed by atoms with Crippen LogP contribution < -0.4 is 10.2 Å². The van der Waals surface area contributed by atoms with E-state index >= 15 is 0 Å². The minimum atomic E-state index is 0.0974. The van der Waals surface area contributed by atoms with E-state index in [1.165, 1.54) is 0 Å². The highest BCUT2D eigenvalue weighted by Gasteiger charge is 2.10. The number of nitriles is 2. The minimum Gasteiger partial charge on any atom is -0.377 e. The molecule has 1 aromatic rings. The first-order valence-corrected chi connectivity index (χ1v) is 5.28. The summed E-state index contributed by atoms with van der Waals surface area (Å²) in [5.41, 5.74) is 0. The quantitative estimate of drug-likeness (QED) is 0.730. The van der Waals surface area contributed by atoms with Crippen LogP contribution in [0.3, 0.4) is 0 Å². The van der Waals surface area contributed by atoms with Gasteiger partial charge in [0, 0.05) is 20.2 Å². The average molecular weight is 246 g/mol. The maximum atomic E-state index is 8.74. The molecule has 94 valence electrons. The van der Waals surface area contributed by atoms with Crippen LogP contribution in [0.1, 0.15) is 5.82 Å². The fraction of sp³-hybridized carbons (Fsp3) is 0.455. The molecule has 0 unspecified atom stereocenters. The summed E-state index contributed by atoms with van der Waals surface area (Å²) in [6, 6.07) is 5.69. The monoisotopic (exact) mass is 246 g/mol. The molecule has 0 saturated carbocycles. The van der Waals surface area contributed by atoms with E-state index in [1.54, 1.807) is 25.1 Å². The number of nitrogens with one attached hydrogen (secondary N) is 1. The second-order valence-corrected chi connectivity index (χ2v) is 3.38. The molecule has 0 atom stereocenters. The Morgan fingerprint density at radius 2 is 2.00 bits per heavy atom. The molecule has 0 bridgehead atoms. The van der Waals surface area contributed by atoms with Crippen LogP contribution in [0.5, 0.6) is 0 Å². The fourth-order valence-corrected chi connectivity index (χ4v) is 1.36. The van der Waals surface area contributed by atoms with E-state index in [0.29, 0.717) is 17.5 Å². The van der Waals surface area contributed by atoms with Gasteiger partial charge in [0.2, 0.25) is 0 Å². The summed E-state index contributed by atoms with van der Waals surface area (Å²) >= 11 is 0. The lowest BCUT2D eigenvalue weighted by Crippen LogP contribution is -2.25. The van der Waals surface area contributed by atoms with Gasteiger partial charge in [-0.15, -0.1) is 0 Å². The van der Waals surface area contributed by atoms with Crippen LogP contribution in [0.4, 0.5) is 11.6 Å². The first-order chi connectivity index (χ1) is 8.74. The van der Waals surface area contributed by atoms with Crippen LogP contribution in [0.15, 0.2) is 6.07 Å². The summed E-state index contributed by atoms with van der Waals surface area (Å²) in [5, 5.41) is 20.4. The summed E-state index contributed by atoms with van der Waals surface area (Å²) in [4.78, 5) is 10.0. The van der Waals surface area contributed by atoms with E-state index < -0.39 is 0 Å². The molecule has 0 fully saturated rings. The standard InChI is InChI=1S/C11H14N6O/c1-14-9-7-11(16-10(15-9)8-18-2)17(5-3-12)6-4-13/h7H,5-6,8H2,1-2H3,(H,14,15,16). The van der Waals surface area contributed by atoms with Crippen LogP contribution in [0.2, 0.25) is 0 Å². The molecule has 1 rings (SSSR count). The van der Waals surface area contributed by atoms with Gasteiger partial charge in [0.25, 0.3) is 0 Å². The third-order valence-electron chi connectivity index (χ3n) is 2.14. The van der Waals surface area contributed by atoms with E-state index in [2.05, 4.69) is 15.3 Å². The van der Waals surface area contributed by atoms with Crippen molar-refractivity contribution in [1.29, 1.82) is 10.5 Å². The van der Waals surface area contributed by atoms with Gasteiger partial charge in [0.15, 0.2) is 5.82 Å².